The summed E-state index contributed by atoms with van der Waals surface area (Å²) in [6, 6.07) is 6.53. The first kappa shape index (κ1) is 14.7. The highest BCUT2D eigenvalue weighted by Gasteiger charge is 2.12. The maximum Gasteiger partial charge on any atom is 0.194 e. The fourth-order valence-corrected chi connectivity index (χ4v) is 2.16. The second-order valence-corrected chi connectivity index (χ2v) is 5.05. The molecule has 0 atom stereocenters. The Morgan fingerprint density at radius 1 is 0.950 bits per heavy atom. The van der Waals surface area contributed by atoms with Crippen LogP contribution in [0.3, 0.4) is 0 Å². The van der Waals surface area contributed by atoms with Crippen LogP contribution in [0, 0.1) is 17.5 Å². The van der Waals surface area contributed by atoms with E-state index in [1.807, 2.05) is 13.8 Å². The predicted octanol–water partition coefficient (Wildman–Crippen LogP) is 5.67. The van der Waals surface area contributed by atoms with Crippen LogP contribution in [0.2, 0.25) is 5.02 Å². The van der Waals surface area contributed by atoms with Crippen molar-refractivity contribution in [3.63, 3.8) is 0 Å². The van der Waals surface area contributed by atoms with Gasteiger partial charge in [-0.2, -0.15) is 0 Å². The number of ether oxygens (including phenoxy) is 1. The number of hydrogen-bond donors (Lipinski definition) is 0. The van der Waals surface area contributed by atoms with Crippen LogP contribution >= 0.6 is 11.6 Å². The van der Waals surface area contributed by atoms with E-state index >= 15 is 0 Å². The Kier molecular flexibility index (Phi) is 4.23. The zero-order chi connectivity index (χ0) is 14.9. The van der Waals surface area contributed by atoms with Crippen molar-refractivity contribution in [3.8, 4) is 11.5 Å². The largest absolute Gasteiger partial charge is 0.457 e. The molecule has 0 fully saturated rings. The van der Waals surface area contributed by atoms with Crippen LogP contribution in [0.1, 0.15) is 25.3 Å². The molecule has 0 aromatic heterocycles. The van der Waals surface area contributed by atoms with Gasteiger partial charge in [0.1, 0.15) is 11.5 Å². The summed E-state index contributed by atoms with van der Waals surface area (Å²) in [6.45, 7) is 3.99. The Morgan fingerprint density at radius 2 is 1.55 bits per heavy atom. The number of rotatable bonds is 3. The minimum Gasteiger partial charge on any atom is -0.457 e. The second kappa shape index (κ2) is 5.75. The first-order valence-corrected chi connectivity index (χ1v) is 6.38. The molecular formula is C15H12ClF3O. The molecule has 0 unspecified atom stereocenters. The summed E-state index contributed by atoms with van der Waals surface area (Å²) < 4.78 is 44.3. The highest BCUT2D eigenvalue weighted by atomic mass is 35.5. The lowest BCUT2D eigenvalue weighted by atomic mass is 10.0. The van der Waals surface area contributed by atoms with Gasteiger partial charge in [-0.1, -0.05) is 31.5 Å². The average molecular weight is 301 g/mol. The van der Waals surface area contributed by atoms with Crippen LogP contribution in [0.4, 0.5) is 13.2 Å². The molecule has 106 valence electrons. The van der Waals surface area contributed by atoms with Crippen molar-refractivity contribution in [1.82, 2.24) is 0 Å². The van der Waals surface area contributed by atoms with Crippen LogP contribution < -0.4 is 4.74 Å². The van der Waals surface area contributed by atoms with Gasteiger partial charge in [-0.3, -0.25) is 0 Å². The average Bonchev–Trinajstić information content (AvgIpc) is 2.35. The summed E-state index contributed by atoms with van der Waals surface area (Å²) in [5.74, 6) is -3.68. The summed E-state index contributed by atoms with van der Waals surface area (Å²) in [6.07, 6.45) is 0. The molecule has 5 heteroatoms. The molecule has 2 rings (SSSR count). The maximum absolute atomic E-state index is 13.1. The Labute approximate surface area is 119 Å². The normalized spacial score (nSPS) is 10.9. The van der Waals surface area contributed by atoms with E-state index < -0.39 is 17.5 Å². The summed E-state index contributed by atoms with van der Waals surface area (Å²) >= 11 is 6.09. The highest BCUT2D eigenvalue weighted by Crippen LogP contribution is 2.31. The van der Waals surface area contributed by atoms with E-state index in [1.165, 1.54) is 0 Å². The Morgan fingerprint density at radius 3 is 2.05 bits per heavy atom. The standard InChI is InChI=1S/C15H12ClF3O/c1-8(2)11-4-3-9(5-12(11)16)20-10-6-13(17)15(19)14(18)7-10/h3-8H,1-2H3. The molecular weight excluding hydrogens is 289 g/mol. The molecule has 0 bridgehead atoms. The van der Waals surface area contributed by atoms with Crippen molar-refractivity contribution < 1.29 is 17.9 Å². The molecule has 0 radical (unpaired) electrons. The van der Waals surface area contributed by atoms with Crippen molar-refractivity contribution in [1.29, 1.82) is 0 Å². The Balaban J connectivity index is 2.29. The molecule has 2 aromatic rings. The van der Waals surface area contributed by atoms with Crippen molar-refractivity contribution in [2.24, 2.45) is 0 Å². The van der Waals surface area contributed by atoms with Crippen molar-refractivity contribution in [2.45, 2.75) is 19.8 Å². The third-order valence-electron chi connectivity index (χ3n) is 2.79. The van der Waals surface area contributed by atoms with Gasteiger partial charge in [0, 0.05) is 17.2 Å². The van der Waals surface area contributed by atoms with Gasteiger partial charge in [-0.25, -0.2) is 13.2 Å². The monoisotopic (exact) mass is 300 g/mol. The third kappa shape index (κ3) is 3.07. The van der Waals surface area contributed by atoms with Crippen LogP contribution in [0.15, 0.2) is 30.3 Å². The number of benzene rings is 2. The zero-order valence-corrected chi connectivity index (χ0v) is 11.6. The SMILES string of the molecule is CC(C)c1ccc(Oc2cc(F)c(F)c(F)c2)cc1Cl. The first-order chi connectivity index (χ1) is 9.38. The fraction of sp³-hybridized carbons (Fsp3) is 0.200. The van der Waals surface area contributed by atoms with E-state index in [0.717, 1.165) is 17.7 Å². The molecule has 2 aromatic carbocycles. The van der Waals surface area contributed by atoms with Gasteiger partial charge in [-0.05, 0) is 23.6 Å². The third-order valence-corrected chi connectivity index (χ3v) is 3.11. The smallest absolute Gasteiger partial charge is 0.194 e. The summed E-state index contributed by atoms with van der Waals surface area (Å²) in [7, 11) is 0. The number of hydrogen-bond acceptors (Lipinski definition) is 1. The quantitative estimate of drug-likeness (QED) is 0.663. The molecule has 0 spiro atoms. The Hall–Kier alpha value is -1.68. The lowest BCUT2D eigenvalue weighted by Crippen LogP contribution is -1.94. The van der Waals surface area contributed by atoms with Gasteiger partial charge in [0.05, 0.1) is 0 Å². The molecule has 0 N–H and O–H groups in total. The van der Waals surface area contributed by atoms with Crippen LogP contribution in [0.5, 0.6) is 11.5 Å². The molecule has 0 aliphatic rings. The van der Waals surface area contributed by atoms with Crippen LogP contribution in [-0.4, -0.2) is 0 Å². The molecule has 0 amide bonds. The van der Waals surface area contributed by atoms with E-state index in [4.69, 9.17) is 16.3 Å². The molecule has 1 nitrogen and oxygen atoms in total. The molecule has 20 heavy (non-hydrogen) atoms. The van der Waals surface area contributed by atoms with E-state index in [2.05, 4.69) is 0 Å². The van der Waals surface area contributed by atoms with Gasteiger partial charge < -0.3 is 4.74 Å². The first-order valence-electron chi connectivity index (χ1n) is 6.00. The van der Waals surface area contributed by atoms with Crippen molar-refractivity contribution >= 4 is 11.6 Å². The van der Waals surface area contributed by atoms with Crippen LogP contribution in [-0.2, 0) is 0 Å². The highest BCUT2D eigenvalue weighted by molar-refractivity contribution is 6.31. The lowest BCUT2D eigenvalue weighted by molar-refractivity contribution is 0.423. The van der Waals surface area contributed by atoms with Crippen molar-refractivity contribution in [3.05, 3.63) is 58.4 Å². The molecule has 0 aliphatic heterocycles. The molecule has 0 heterocycles. The van der Waals surface area contributed by atoms with Gasteiger partial charge in [0.15, 0.2) is 17.5 Å². The topological polar surface area (TPSA) is 9.23 Å². The van der Waals surface area contributed by atoms with E-state index in [0.29, 0.717) is 10.8 Å². The Bertz CT molecular complexity index is 618. The predicted molar refractivity (Wildman–Crippen MR) is 71.9 cm³/mol. The van der Waals surface area contributed by atoms with Gasteiger partial charge in [0.2, 0.25) is 0 Å². The van der Waals surface area contributed by atoms with Gasteiger partial charge in [-0.15, -0.1) is 0 Å². The molecule has 0 aliphatic carbocycles. The minimum atomic E-state index is -1.52. The minimum absolute atomic E-state index is 0.130. The zero-order valence-electron chi connectivity index (χ0n) is 10.9. The lowest BCUT2D eigenvalue weighted by Gasteiger charge is -2.11. The van der Waals surface area contributed by atoms with E-state index in [9.17, 15) is 13.2 Å². The van der Waals surface area contributed by atoms with E-state index in [1.54, 1.807) is 18.2 Å². The maximum atomic E-state index is 13.1. The van der Waals surface area contributed by atoms with Gasteiger partial charge >= 0.3 is 0 Å². The molecule has 0 saturated heterocycles. The van der Waals surface area contributed by atoms with E-state index in [-0.39, 0.29) is 11.7 Å². The summed E-state index contributed by atoms with van der Waals surface area (Å²) in [5, 5.41) is 0.501. The fourth-order valence-electron chi connectivity index (χ4n) is 1.77. The van der Waals surface area contributed by atoms with Crippen LogP contribution in [0.25, 0.3) is 0 Å². The molecule has 0 saturated carbocycles. The van der Waals surface area contributed by atoms with Gasteiger partial charge in [0.25, 0.3) is 0 Å². The van der Waals surface area contributed by atoms with Crippen molar-refractivity contribution in [2.75, 3.05) is 0 Å². The summed E-state index contributed by atoms with van der Waals surface area (Å²) in [4.78, 5) is 0. The second-order valence-electron chi connectivity index (χ2n) is 4.64. The summed E-state index contributed by atoms with van der Waals surface area (Å²) in [5.41, 5.74) is 0.940. The number of halogens is 4.